The molecule has 0 spiro atoms. The van der Waals surface area contributed by atoms with Crippen LogP contribution in [0.4, 0.5) is 10.1 Å². The van der Waals surface area contributed by atoms with E-state index in [4.69, 9.17) is 14.2 Å². The highest BCUT2D eigenvalue weighted by atomic mass is 19.1. The van der Waals surface area contributed by atoms with Gasteiger partial charge < -0.3 is 19.5 Å². The number of halogens is 1. The van der Waals surface area contributed by atoms with E-state index >= 15 is 0 Å². The van der Waals surface area contributed by atoms with Crippen LogP contribution in [0.3, 0.4) is 0 Å². The first-order chi connectivity index (χ1) is 17.8. The normalized spacial score (nSPS) is 18.4. The summed E-state index contributed by atoms with van der Waals surface area (Å²) in [4.78, 5) is 0. The summed E-state index contributed by atoms with van der Waals surface area (Å²) in [5, 5.41) is 5.80. The molecule has 0 radical (unpaired) electrons. The molecule has 4 aromatic rings. The summed E-state index contributed by atoms with van der Waals surface area (Å²) < 4.78 is 33.1. The first kappa shape index (κ1) is 25.2. The number of ether oxygens (including phenoxy) is 3. The van der Waals surface area contributed by atoms with Crippen LogP contribution in [0.2, 0.25) is 0 Å². The smallest absolute Gasteiger partial charge is 0.132 e. The summed E-state index contributed by atoms with van der Waals surface area (Å²) in [6.07, 6.45) is -0.634. The van der Waals surface area contributed by atoms with Crippen LogP contribution in [0, 0.1) is 5.82 Å². The van der Waals surface area contributed by atoms with Crippen LogP contribution >= 0.6 is 0 Å². The lowest BCUT2D eigenvalue weighted by molar-refractivity contribution is -0.177. The Balaban J connectivity index is 1.39. The lowest BCUT2D eigenvalue weighted by Gasteiger charge is -2.45. The minimum atomic E-state index is -0.597. The van der Waals surface area contributed by atoms with Gasteiger partial charge in [0.25, 0.3) is 0 Å². The molecule has 0 aromatic heterocycles. The molecule has 5 heteroatoms. The summed E-state index contributed by atoms with van der Waals surface area (Å²) in [6, 6.07) is 27.4. The monoisotopic (exact) mass is 499 g/mol. The van der Waals surface area contributed by atoms with Gasteiger partial charge in [0, 0.05) is 17.8 Å². The lowest BCUT2D eigenvalue weighted by atomic mass is 9.87. The van der Waals surface area contributed by atoms with Crippen LogP contribution in [0.25, 0.3) is 10.8 Å². The summed E-state index contributed by atoms with van der Waals surface area (Å²) in [5.41, 5.74) is 3.24. The van der Waals surface area contributed by atoms with E-state index in [0.717, 1.165) is 28.1 Å². The number of fused-ring (bicyclic) bond motifs is 2. The molecule has 1 N–H and O–H groups in total. The van der Waals surface area contributed by atoms with E-state index in [1.54, 1.807) is 12.1 Å². The van der Waals surface area contributed by atoms with E-state index in [2.05, 4.69) is 47.8 Å². The Kier molecular flexibility index (Phi) is 7.18. The molecule has 0 aliphatic carbocycles. The molecule has 37 heavy (non-hydrogen) atoms. The molecule has 2 atom stereocenters. The van der Waals surface area contributed by atoms with Crippen molar-refractivity contribution in [3.8, 4) is 5.75 Å². The quantitative estimate of drug-likeness (QED) is 0.268. The van der Waals surface area contributed by atoms with Crippen molar-refractivity contribution in [2.75, 3.05) is 5.32 Å². The van der Waals surface area contributed by atoms with Crippen molar-refractivity contribution in [3.05, 3.63) is 107 Å². The second kappa shape index (κ2) is 10.5. The van der Waals surface area contributed by atoms with Crippen molar-refractivity contribution in [3.63, 3.8) is 0 Å². The third kappa shape index (κ3) is 5.79. The van der Waals surface area contributed by atoms with Crippen LogP contribution in [0.15, 0.2) is 84.9 Å². The third-order valence-corrected chi connectivity index (χ3v) is 6.70. The van der Waals surface area contributed by atoms with E-state index in [1.807, 2.05) is 52.0 Å². The summed E-state index contributed by atoms with van der Waals surface area (Å²) in [7, 11) is 0. The van der Waals surface area contributed by atoms with Crippen molar-refractivity contribution >= 4 is 16.5 Å². The molecule has 1 aliphatic rings. The van der Waals surface area contributed by atoms with E-state index in [-0.39, 0.29) is 24.1 Å². The number of nitrogens with one attached hydrogen (secondary N) is 1. The Morgan fingerprint density at radius 1 is 0.892 bits per heavy atom. The molecule has 0 saturated carbocycles. The number of benzene rings is 4. The van der Waals surface area contributed by atoms with Crippen molar-refractivity contribution in [1.82, 2.24) is 0 Å². The fraction of sp³-hybridized carbons (Fsp3) is 0.312. The van der Waals surface area contributed by atoms with Gasteiger partial charge in [0.15, 0.2) is 0 Å². The Hall–Kier alpha value is -3.41. The van der Waals surface area contributed by atoms with Crippen molar-refractivity contribution in [2.45, 2.75) is 64.8 Å². The molecule has 1 heterocycles. The highest BCUT2D eigenvalue weighted by Gasteiger charge is 2.46. The second-order valence-electron chi connectivity index (χ2n) is 10.5. The minimum absolute atomic E-state index is 0.00225. The minimum Gasteiger partial charge on any atom is -0.485 e. The molecule has 0 bridgehead atoms. The Bertz CT molecular complexity index is 1380. The van der Waals surface area contributed by atoms with Crippen LogP contribution in [0.1, 0.15) is 50.5 Å². The van der Waals surface area contributed by atoms with Crippen LogP contribution in [-0.4, -0.2) is 17.8 Å². The molecule has 4 aromatic carbocycles. The highest BCUT2D eigenvalue weighted by molar-refractivity contribution is 5.82. The van der Waals surface area contributed by atoms with Crippen molar-refractivity contribution in [2.24, 2.45) is 0 Å². The highest BCUT2D eigenvalue weighted by Crippen LogP contribution is 2.45. The Labute approximate surface area is 218 Å². The zero-order valence-electron chi connectivity index (χ0n) is 21.8. The van der Waals surface area contributed by atoms with Crippen LogP contribution in [-0.2, 0) is 22.6 Å². The van der Waals surface area contributed by atoms with Crippen LogP contribution < -0.4 is 10.1 Å². The lowest BCUT2D eigenvalue weighted by Crippen LogP contribution is -2.51. The molecular weight excluding hydrogens is 465 g/mol. The van der Waals surface area contributed by atoms with Gasteiger partial charge in [-0.15, -0.1) is 0 Å². The van der Waals surface area contributed by atoms with E-state index in [0.29, 0.717) is 13.2 Å². The number of anilines is 1. The fourth-order valence-electron chi connectivity index (χ4n) is 4.93. The molecule has 4 nitrogen and oxygen atoms in total. The molecule has 0 saturated heterocycles. The number of hydrogen-bond acceptors (Lipinski definition) is 4. The van der Waals surface area contributed by atoms with Gasteiger partial charge >= 0.3 is 0 Å². The molecule has 192 valence electrons. The first-order valence-electron chi connectivity index (χ1n) is 12.8. The maximum atomic E-state index is 13.6. The maximum Gasteiger partial charge on any atom is 0.132 e. The number of hydrogen-bond donors (Lipinski definition) is 1. The standard InChI is InChI=1S/C32H34FNO3/c1-21(2)36-30-28-18-27(34-19-22-8-7-11-26(33)17-22)14-15-29(28)37-32(3,4)31(30)35-20-23-12-13-24-9-5-6-10-25(24)16-23/h5-18,21,30-31,34H,19-20H2,1-4H3. The van der Waals surface area contributed by atoms with E-state index in [9.17, 15) is 4.39 Å². The first-order valence-corrected chi connectivity index (χ1v) is 12.8. The van der Waals surface area contributed by atoms with Crippen molar-refractivity contribution in [1.29, 1.82) is 0 Å². The van der Waals surface area contributed by atoms with Gasteiger partial charge in [0.1, 0.15) is 29.4 Å². The third-order valence-electron chi connectivity index (χ3n) is 6.70. The fourth-order valence-corrected chi connectivity index (χ4v) is 4.93. The van der Waals surface area contributed by atoms with Gasteiger partial charge in [0.05, 0.1) is 12.7 Å². The van der Waals surface area contributed by atoms with Crippen LogP contribution in [0.5, 0.6) is 5.75 Å². The summed E-state index contributed by atoms with van der Waals surface area (Å²) in [5.74, 6) is 0.551. The maximum absolute atomic E-state index is 13.6. The Morgan fingerprint density at radius 2 is 1.70 bits per heavy atom. The predicted octanol–water partition coefficient (Wildman–Crippen LogP) is 7.81. The van der Waals surface area contributed by atoms with Gasteiger partial charge in [-0.1, -0.05) is 48.5 Å². The Morgan fingerprint density at radius 3 is 2.49 bits per heavy atom. The van der Waals surface area contributed by atoms with Gasteiger partial charge in [-0.25, -0.2) is 4.39 Å². The second-order valence-corrected chi connectivity index (χ2v) is 10.5. The van der Waals surface area contributed by atoms with Crippen molar-refractivity contribution < 1.29 is 18.6 Å². The molecule has 0 fully saturated rings. The molecule has 1 aliphatic heterocycles. The summed E-state index contributed by atoms with van der Waals surface area (Å²) >= 11 is 0. The SMILES string of the molecule is CC(C)OC1c2cc(NCc3cccc(F)c3)ccc2OC(C)(C)C1OCc1ccc2ccccc2c1. The van der Waals surface area contributed by atoms with Gasteiger partial charge in [-0.05, 0) is 86.0 Å². The zero-order valence-corrected chi connectivity index (χ0v) is 21.8. The van der Waals surface area contributed by atoms with Gasteiger partial charge in [0.2, 0.25) is 0 Å². The van der Waals surface area contributed by atoms with E-state index < -0.39 is 5.60 Å². The molecule has 2 unspecified atom stereocenters. The molecule has 0 amide bonds. The number of rotatable bonds is 8. The van der Waals surface area contributed by atoms with E-state index in [1.165, 1.54) is 16.8 Å². The predicted molar refractivity (Wildman–Crippen MR) is 146 cm³/mol. The van der Waals surface area contributed by atoms with Gasteiger partial charge in [-0.2, -0.15) is 0 Å². The average molecular weight is 500 g/mol. The topological polar surface area (TPSA) is 39.7 Å². The zero-order chi connectivity index (χ0) is 26.0. The largest absolute Gasteiger partial charge is 0.485 e. The summed E-state index contributed by atoms with van der Waals surface area (Å²) in [6.45, 7) is 9.14. The molecular formula is C32H34FNO3. The van der Waals surface area contributed by atoms with Gasteiger partial charge in [-0.3, -0.25) is 0 Å². The molecule has 5 rings (SSSR count). The average Bonchev–Trinajstić information content (AvgIpc) is 2.86.